The van der Waals surface area contributed by atoms with Crippen molar-refractivity contribution >= 4 is 46.0 Å². The highest BCUT2D eigenvalue weighted by Gasteiger charge is 2.09. The zero-order chi connectivity index (χ0) is 21.3. The Balaban J connectivity index is 0.00000124. The van der Waals surface area contributed by atoms with Crippen LogP contribution in [0.15, 0.2) is 67.1 Å². The average molecular weight is 438 g/mol. The standard InChI is InChI=1S/C21H18ClN5S.C2H6/c1-28-27-19-10-16(12-23-20(19)22)15-7-8-18-17(9-15)21(26-13-25-18)24-11-14-5-3-2-4-6-14;1-2/h2-10,12-13,27H,11H2,1H3,(H,24,25,26);1-2H3. The van der Waals surface area contributed by atoms with Gasteiger partial charge in [0.1, 0.15) is 12.1 Å². The Bertz CT molecular complexity index is 1110. The Morgan fingerprint density at radius 3 is 2.50 bits per heavy atom. The van der Waals surface area contributed by atoms with Crippen molar-refractivity contribution < 1.29 is 0 Å². The number of nitrogens with one attached hydrogen (secondary N) is 2. The molecule has 0 saturated heterocycles. The highest BCUT2D eigenvalue weighted by atomic mass is 35.5. The Hall–Kier alpha value is -2.83. The third-order valence-electron chi connectivity index (χ3n) is 4.32. The van der Waals surface area contributed by atoms with Crippen LogP contribution in [0.1, 0.15) is 19.4 Å². The van der Waals surface area contributed by atoms with Crippen LogP contribution >= 0.6 is 23.5 Å². The van der Waals surface area contributed by atoms with Crippen LogP contribution in [-0.4, -0.2) is 21.2 Å². The van der Waals surface area contributed by atoms with Crippen molar-refractivity contribution in [3.63, 3.8) is 0 Å². The van der Waals surface area contributed by atoms with Gasteiger partial charge in [0, 0.05) is 29.9 Å². The maximum atomic E-state index is 6.17. The number of nitrogens with zero attached hydrogens (tertiary/aromatic N) is 3. The fourth-order valence-electron chi connectivity index (χ4n) is 2.95. The predicted octanol–water partition coefficient (Wildman–Crippen LogP) is 6.67. The van der Waals surface area contributed by atoms with Gasteiger partial charge in [0.15, 0.2) is 5.15 Å². The maximum absolute atomic E-state index is 6.17. The van der Waals surface area contributed by atoms with E-state index >= 15 is 0 Å². The van der Waals surface area contributed by atoms with Gasteiger partial charge in [0.2, 0.25) is 0 Å². The molecule has 30 heavy (non-hydrogen) atoms. The van der Waals surface area contributed by atoms with E-state index in [1.54, 1.807) is 12.5 Å². The van der Waals surface area contributed by atoms with Gasteiger partial charge in [-0.2, -0.15) is 0 Å². The molecule has 2 aromatic heterocycles. The Labute approximate surface area is 186 Å². The van der Waals surface area contributed by atoms with Gasteiger partial charge < -0.3 is 10.0 Å². The second-order valence-corrected chi connectivity index (χ2v) is 7.13. The largest absolute Gasteiger partial charge is 0.365 e. The minimum absolute atomic E-state index is 0.451. The molecule has 0 radical (unpaired) electrons. The second kappa shape index (κ2) is 10.8. The molecule has 7 heteroatoms. The SMILES string of the molecule is CC.CSNc1cc(-c2ccc3ncnc(NCc4ccccc4)c3c2)cnc1Cl. The molecule has 0 aliphatic rings. The van der Waals surface area contributed by atoms with Crippen LogP contribution in [0.5, 0.6) is 0 Å². The summed E-state index contributed by atoms with van der Waals surface area (Å²) >= 11 is 7.64. The number of pyridine rings is 1. The van der Waals surface area contributed by atoms with Crippen molar-refractivity contribution in [1.82, 2.24) is 15.0 Å². The van der Waals surface area contributed by atoms with E-state index in [1.165, 1.54) is 17.5 Å². The van der Waals surface area contributed by atoms with Crippen molar-refractivity contribution in [1.29, 1.82) is 0 Å². The van der Waals surface area contributed by atoms with E-state index in [-0.39, 0.29) is 0 Å². The van der Waals surface area contributed by atoms with Crippen LogP contribution in [-0.2, 0) is 6.54 Å². The van der Waals surface area contributed by atoms with Gasteiger partial charge in [-0.3, -0.25) is 0 Å². The summed E-state index contributed by atoms with van der Waals surface area (Å²) in [4.78, 5) is 13.1. The van der Waals surface area contributed by atoms with Gasteiger partial charge in [-0.25, -0.2) is 15.0 Å². The lowest BCUT2D eigenvalue weighted by Crippen LogP contribution is -2.02. The monoisotopic (exact) mass is 437 g/mol. The molecule has 0 spiro atoms. The van der Waals surface area contributed by atoms with Crippen LogP contribution in [0.3, 0.4) is 0 Å². The Kier molecular flexibility index (Phi) is 7.88. The number of halogens is 1. The van der Waals surface area contributed by atoms with E-state index in [2.05, 4.69) is 43.2 Å². The molecule has 2 aromatic carbocycles. The lowest BCUT2D eigenvalue weighted by molar-refractivity contribution is 1.10. The van der Waals surface area contributed by atoms with Crippen LogP contribution in [0.4, 0.5) is 11.5 Å². The highest BCUT2D eigenvalue weighted by Crippen LogP contribution is 2.31. The van der Waals surface area contributed by atoms with Crippen molar-refractivity contribution in [3.05, 3.63) is 77.8 Å². The third kappa shape index (κ3) is 5.20. The zero-order valence-corrected chi connectivity index (χ0v) is 18.8. The van der Waals surface area contributed by atoms with E-state index in [0.29, 0.717) is 11.7 Å². The highest BCUT2D eigenvalue weighted by molar-refractivity contribution is 7.99. The third-order valence-corrected chi connectivity index (χ3v) is 5.05. The van der Waals surface area contributed by atoms with Gasteiger partial charge in [0.25, 0.3) is 0 Å². The molecule has 4 aromatic rings. The summed E-state index contributed by atoms with van der Waals surface area (Å²) in [6.07, 6.45) is 5.30. The normalized spacial score (nSPS) is 10.3. The van der Waals surface area contributed by atoms with Gasteiger partial charge in [-0.05, 0) is 29.3 Å². The molecule has 0 atom stereocenters. The molecule has 4 rings (SSSR count). The molecule has 0 unspecified atom stereocenters. The number of benzene rings is 2. The smallest absolute Gasteiger partial charge is 0.152 e. The van der Waals surface area contributed by atoms with E-state index in [4.69, 9.17) is 11.6 Å². The van der Waals surface area contributed by atoms with Gasteiger partial charge in [-0.1, -0.05) is 73.8 Å². The molecule has 0 saturated carbocycles. The van der Waals surface area contributed by atoms with Gasteiger partial charge >= 0.3 is 0 Å². The van der Waals surface area contributed by atoms with Crippen molar-refractivity contribution in [2.45, 2.75) is 20.4 Å². The number of aromatic nitrogens is 3. The first kappa shape index (κ1) is 21.9. The van der Waals surface area contributed by atoms with Crippen LogP contribution in [0, 0.1) is 0 Å². The lowest BCUT2D eigenvalue weighted by Gasteiger charge is -2.11. The molecule has 2 N–H and O–H groups in total. The first-order valence-corrected chi connectivity index (χ1v) is 11.3. The molecule has 154 valence electrons. The van der Waals surface area contributed by atoms with E-state index in [9.17, 15) is 0 Å². The molecule has 0 bridgehead atoms. The van der Waals surface area contributed by atoms with Crippen LogP contribution in [0.25, 0.3) is 22.0 Å². The first-order valence-electron chi connectivity index (χ1n) is 9.72. The van der Waals surface area contributed by atoms with Crippen molar-refractivity contribution in [3.8, 4) is 11.1 Å². The van der Waals surface area contributed by atoms with E-state index in [1.807, 2.05) is 56.5 Å². The van der Waals surface area contributed by atoms with Crippen LogP contribution < -0.4 is 10.0 Å². The summed E-state index contributed by atoms with van der Waals surface area (Å²) in [5.41, 5.74) is 4.87. The molecule has 5 nitrogen and oxygen atoms in total. The Morgan fingerprint density at radius 2 is 1.73 bits per heavy atom. The fourth-order valence-corrected chi connectivity index (χ4v) is 3.53. The van der Waals surface area contributed by atoms with Crippen LogP contribution in [0.2, 0.25) is 5.15 Å². The van der Waals surface area contributed by atoms with Crippen molar-refractivity contribution in [2.75, 3.05) is 16.3 Å². The summed E-state index contributed by atoms with van der Waals surface area (Å²) < 4.78 is 3.16. The number of rotatable bonds is 6. The number of hydrogen-bond donors (Lipinski definition) is 2. The number of hydrogen-bond acceptors (Lipinski definition) is 6. The molecule has 0 fully saturated rings. The Morgan fingerprint density at radius 1 is 0.933 bits per heavy atom. The maximum Gasteiger partial charge on any atom is 0.152 e. The minimum Gasteiger partial charge on any atom is -0.365 e. The molecular weight excluding hydrogens is 414 g/mol. The van der Waals surface area contributed by atoms with Gasteiger partial charge in [0.05, 0.1) is 11.2 Å². The fraction of sp³-hybridized carbons (Fsp3) is 0.174. The summed E-state index contributed by atoms with van der Waals surface area (Å²) in [6, 6.07) is 18.3. The summed E-state index contributed by atoms with van der Waals surface area (Å²) in [7, 11) is 0. The van der Waals surface area contributed by atoms with E-state index in [0.717, 1.165) is 33.5 Å². The molecule has 0 amide bonds. The quantitative estimate of drug-likeness (QED) is 0.259. The molecular formula is C23H24ClN5S. The molecule has 0 aliphatic heterocycles. The van der Waals surface area contributed by atoms with E-state index < -0.39 is 0 Å². The average Bonchev–Trinajstić information content (AvgIpc) is 2.81. The zero-order valence-electron chi connectivity index (χ0n) is 17.2. The number of anilines is 2. The lowest BCUT2D eigenvalue weighted by atomic mass is 10.0. The number of fused-ring (bicyclic) bond motifs is 1. The topological polar surface area (TPSA) is 62.7 Å². The summed E-state index contributed by atoms with van der Waals surface area (Å²) in [5.74, 6) is 0.806. The molecule has 2 heterocycles. The minimum atomic E-state index is 0.451. The first-order chi connectivity index (χ1) is 14.7. The second-order valence-electron chi connectivity index (χ2n) is 6.16. The predicted molar refractivity (Wildman–Crippen MR) is 130 cm³/mol. The van der Waals surface area contributed by atoms with Gasteiger partial charge in [-0.15, -0.1) is 0 Å². The van der Waals surface area contributed by atoms with Crippen molar-refractivity contribution in [2.24, 2.45) is 0 Å². The summed E-state index contributed by atoms with van der Waals surface area (Å²) in [5, 5.41) is 4.83. The molecule has 0 aliphatic carbocycles. The summed E-state index contributed by atoms with van der Waals surface area (Å²) in [6.45, 7) is 4.70.